The van der Waals surface area contributed by atoms with E-state index in [-0.39, 0.29) is 0 Å². The van der Waals surface area contributed by atoms with Crippen molar-refractivity contribution in [2.75, 3.05) is 6.16 Å². The second kappa shape index (κ2) is 7.05. The van der Waals surface area contributed by atoms with Gasteiger partial charge >= 0.3 is 0 Å². The Hall–Kier alpha value is -0.120. The van der Waals surface area contributed by atoms with Crippen LogP contribution in [0.1, 0.15) is 6.42 Å². The minimum atomic E-state index is -0.782. The molecule has 4 heteroatoms. The van der Waals surface area contributed by atoms with E-state index in [1.165, 1.54) is 10.6 Å². The number of hydrogen-bond acceptors (Lipinski definition) is 0. The maximum absolute atomic E-state index is 6.65. The van der Waals surface area contributed by atoms with E-state index in [1.54, 1.807) is 0 Å². The van der Waals surface area contributed by atoms with Gasteiger partial charge < -0.3 is 0 Å². The highest BCUT2D eigenvalue weighted by atomic mass is 35.5. The van der Waals surface area contributed by atoms with Crippen LogP contribution >= 0.6 is 40.4 Å². The Morgan fingerprint density at radius 3 is 1.63 bits per heavy atom. The zero-order valence-electron chi connectivity index (χ0n) is 10.5. The average Bonchev–Trinajstić information content (AvgIpc) is 2.41. The van der Waals surface area contributed by atoms with Crippen LogP contribution < -0.4 is 10.6 Å². The molecule has 0 N–H and O–H groups in total. The van der Waals surface area contributed by atoms with Crippen molar-refractivity contribution in [2.45, 2.75) is 10.5 Å². The van der Waals surface area contributed by atoms with E-state index >= 15 is 0 Å². The summed E-state index contributed by atoms with van der Waals surface area (Å²) in [5, 5.41) is 2.43. The molecule has 0 nitrogen and oxygen atoms in total. The Morgan fingerprint density at radius 1 is 0.842 bits per heavy atom. The fraction of sp³-hybridized carbons (Fsp3) is 0.200. The van der Waals surface area contributed by atoms with E-state index in [0.717, 1.165) is 12.6 Å². The first-order valence-corrected chi connectivity index (χ1v) is 9.05. The van der Waals surface area contributed by atoms with Gasteiger partial charge in [0.2, 0.25) is 0 Å². The molecule has 0 radical (unpaired) electrons. The van der Waals surface area contributed by atoms with Gasteiger partial charge in [0, 0.05) is 0 Å². The predicted molar refractivity (Wildman–Crippen MR) is 92.7 cm³/mol. The second-order valence-corrected chi connectivity index (χ2v) is 9.27. The molecular weight excluding hydrogens is 313 g/mol. The van der Waals surface area contributed by atoms with Crippen molar-refractivity contribution >= 4 is 51.0 Å². The SMILES string of the molecule is PCCC(Cl)(Cl)P(c1ccccc1)c1ccccc1. The Balaban J connectivity index is 2.46. The van der Waals surface area contributed by atoms with Gasteiger partial charge in [0.1, 0.15) is 4.07 Å². The molecule has 0 aliphatic heterocycles. The van der Waals surface area contributed by atoms with Crippen molar-refractivity contribution in [3.63, 3.8) is 0 Å². The highest BCUT2D eigenvalue weighted by Gasteiger charge is 2.35. The second-order valence-electron chi connectivity index (χ2n) is 4.21. The topological polar surface area (TPSA) is 0 Å². The molecule has 1 unspecified atom stereocenters. The molecule has 0 amide bonds. The van der Waals surface area contributed by atoms with Crippen LogP contribution in [0.5, 0.6) is 0 Å². The zero-order chi connectivity index (χ0) is 13.7. The number of rotatable bonds is 5. The molecule has 1 atom stereocenters. The van der Waals surface area contributed by atoms with Gasteiger partial charge in [-0.3, -0.25) is 0 Å². The van der Waals surface area contributed by atoms with Crippen LogP contribution in [-0.4, -0.2) is 10.2 Å². The first-order chi connectivity index (χ1) is 9.15. The van der Waals surface area contributed by atoms with Gasteiger partial charge in [-0.2, -0.15) is 0 Å². The number of benzene rings is 2. The molecular formula is C15H16Cl2P2. The summed E-state index contributed by atoms with van der Waals surface area (Å²) in [4.78, 5) is 0. The molecule has 0 bridgehead atoms. The van der Waals surface area contributed by atoms with Crippen LogP contribution in [0.25, 0.3) is 0 Å². The fourth-order valence-electron chi connectivity index (χ4n) is 1.97. The summed E-state index contributed by atoms with van der Waals surface area (Å²) in [6.45, 7) is 0. The molecule has 0 saturated heterocycles. The fourth-order valence-corrected chi connectivity index (χ4v) is 6.74. The van der Waals surface area contributed by atoms with Crippen molar-refractivity contribution in [3.8, 4) is 0 Å². The van der Waals surface area contributed by atoms with Gasteiger partial charge in [-0.25, -0.2) is 0 Å². The molecule has 0 fully saturated rings. The molecule has 0 aromatic heterocycles. The number of halogens is 2. The van der Waals surface area contributed by atoms with Crippen molar-refractivity contribution < 1.29 is 0 Å². The standard InChI is InChI=1S/C15H16Cl2P2/c16-15(17,11-12-18)19(13-7-3-1-4-8-13)14-9-5-2-6-10-14/h1-10H,11-12,18H2. The lowest BCUT2D eigenvalue weighted by Crippen LogP contribution is -2.25. The maximum atomic E-state index is 6.65. The normalized spacial score (nSPS) is 11.8. The van der Waals surface area contributed by atoms with Gasteiger partial charge in [-0.15, -0.1) is 9.24 Å². The predicted octanol–water partition coefficient (Wildman–Crippen LogP) is 4.52. The summed E-state index contributed by atoms with van der Waals surface area (Å²) in [6, 6.07) is 20.6. The lowest BCUT2D eigenvalue weighted by atomic mass is 10.4. The van der Waals surface area contributed by atoms with Gasteiger partial charge in [-0.05, 0) is 31.1 Å². The largest absolute Gasteiger partial charge is 0.145 e. The Bertz CT molecular complexity index is 461. The summed E-state index contributed by atoms with van der Waals surface area (Å²) >= 11 is 13.3. The van der Waals surface area contributed by atoms with Crippen LogP contribution in [0.2, 0.25) is 0 Å². The minimum Gasteiger partial charge on any atom is -0.138 e. The number of hydrogen-bond donors (Lipinski definition) is 0. The molecule has 2 aromatic carbocycles. The monoisotopic (exact) mass is 328 g/mol. The first kappa shape index (κ1) is 15.3. The summed E-state index contributed by atoms with van der Waals surface area (Å²) in [7, 11) is 1.92. The molecule has 2 rings (SSSR count). The summed E-state index contributed by atoms with van der Waals surface area (Å²) in [5.74, 6) is 0. The Labute approximate surface area is 128 Å². The maximum Gasteiger partial charge on any atom is 0.145 e. The third-order valence-corrected chi connectivity index (χ3v) is 6.99. The smallest absolute Gasteiger partial charge is 0.138 e. The lowest BCUT2D eigenvalue weighted by Gasteiger charge is -2.31. The molecule has 19 heavy (non-hydrogen) atoms. The number of alkyl halides is 2. The van der Waals surface area contributed by atoms with E-state index in [2.05, 4.69) is 33.5 Å². The average molecular weight is 329 g/mol. The van der Waals surface area contributed by atoms with Crippen LogP contribution in [0.15, 0.2) is 60.7 Å². The van der Waals surface area contributed by atoms with Crippen molar-refractivity contribution in [1.29, 1.82) is 0 Å². The van der Waals surface area contributed by atoms with Crippen LogP contribution in [0, 0.1) is 0 Å². The molecule has 2 aromatic rings. The highest BCUT2D eigenvalue weighted by Crippen LogP contribution is 2.55. The molecule has 100 valence electrons. The van der Waals surface area contributed by atoms with Crippen molar-refractivity contribution in [3.05, 3.63) is 60.7 Å². The van der Waals surface area contributed by atoms with Gasteiger partial charge in [0.15, 0.2) is 0 Å². The van der Waals surface area contributed by atoms with Gasteiger partial charge in [0.05, 0.1) is 0 Å². The van der Waals surface area contributed by atoms with Crippen LogP contribution in [-0.2, 0) is 0 Å². The van der Waals surface area contributed by atoms with Crippen LogP contribution in [0.4, 0.5) is 0 Å². The zero-order valence-corrected chi connectivity index (χ0v) is 14.0. The van der Waals surface area contributed by atoms with Gasteiger partial charge in [-0.1, -0.05) is 83.9 Å². The van der Waals surface area contributed by atoms with E-state index in [9.17, 15) is 0 Å². The van der Waals surface area contributed by atoms with E-state index in [0.29, 0.717) is 0 Å². The third-order valence-electron chi connectivity index (χ3n) is 2.80. The molecule has 0 aliphatic rings. The minimum absolute atomic E-state index is 0.736. The first-order valence-electron chi connectivity index (χ1n) is 6.13. The summed E-state index contributed by atoms with van der Waals surface area (Å²) in [6.07, 6.45) is 1.65. The molecule has 0 heterocycles. The highest BCUT2D eigenvalue weighted by molar-refractivity contribution is 7.77. The van der Waals surface area contributed by atoms with Crippen molar-refractivity contribution in [2.24, 2.45) is 0 Å². The molecule has 0 spiro atoms. The summed E-state index contributed by atoms with van der Waals surface area (Å²) < 4.78 is -0.736. The summed E-state index contributed by atoms with van der Waals surface area (Å²) in [5.41, 5.74) is 0. The van der Waals surface area contributed by atoms with Crippen molar-refractivity contribution in [1.82, 2.24) is 0 Å². The lowest BCUT2D eigenvalue weighted by molar-refractivity contribution is 0.992. The molecule has 0 saturated carbocycles. The quantitative estimate of drug-likeness (QED) is 0.559. The Kier molecular flexibility index (Phi) is 5.67. The third kappa shape index (κ3) is 3.93. The van der Waals surface area contributed by atoms with Gasteiger partial charge in [0.25, 0.3) is 0 Å². The molecule has 0 aliphatic carbocycles. The Morgan fingerprint density at radius 2 is 1.26 bits per heavy atom. The van der Waals surface area contributed by atoms with Crippen LogP contribution in [0.3, 0.4) is 0 Å². The van der Waals surface area contributed by atoms with E-state index < -0.39 is 12.0 Å². The van der Waals surface area contributed by atoms with E-state index in [1.807, 2.05) is 36.4 Å². The van der Waals surface area contributed by atoms with E-state index in [4.69, 9.17) is 23.2 Å².